The lowest BCUT2D eigenvalue weighted by atomic mass is 10.1. The first-order valence-corrected chi connectivity index (χ1v) is 11.5. The number of hydrogen-bond acceptors (Lipinski definition) is 6. The van der Waals surface area contributed by atoms with Gasteiger partial charge in [0.1, 0.15) is 5.82 Å². The summed E-state index contributed by atoms with van der Waals surface area (Å²) in [5.41, 5.74) is 0.861. The first-order chi connectivity index (χ1) is 14.4. The van der Waals surface area contributed by atoms with Gasteiger partial charge in [-0.15, -0.1) is 0 Å². The van der Waals surface area contributed by atoms with Crippen LogP contribution in [0, 0.1) is 0 Å². The van der Waals surface area contributed by atoms with E-state index in [1.807, 2.05) is 30.3 Å². The number of carbonyl (C=O) groups excluding carboxylic acids is 1. The molecule has 1 amide bonds. The van der Waals surface area contributed by atoms with Crippen molar-refractivity contribution in [2.45, 2.75) is 31.5 Å². The third-order valence-electron chi connectivity index (χ3n) is 4.97. The maximum atomic E-state index is 13.0. The summed E-state index contributed by atoms with van der Waals surface area (Å²) in [5.74, 6) is 0.985. The molecule has 1 fully saturated rings. The Hall–Kier alpha value is -3.05. The molecule has 1 aliphatic rings. The van der Waals surface area contributed by atoms with E-state index in [0.717, 1.165) is 11.8 Å². The van der Waals surface area contributed by atoms with Crippen LogP contribution in [0.1, 0.15) is 24.7 Å². The van der Waals surface area contributed by atoms with Crippen molar-refractivity contribution in [1.29, 1.82) is 0 Å². The van der Waals surface area contributed by atoms with E-state index >= 15 is 0 Å². The number of nitrogens with one attached hydrogen (secondary N) is 2. The fourth-order valence-electron chi connectivity index (χ4n) is 3.69. The van der Waals surface area contributed by atoms with Gasteiger partial charge in [0.2, 0.25) is 15.9 Å². The Bertz CT molecular complexity index is 1100. The molecule has 30 heavy (non-hydrogen) atoms. The highest BCUT2D eigenvalue weighted by molar-refractivity contribution is 7.88. The van der Waals surface area contributed by atoms with Crippen LogP contribution in [0.3, 0.4) is 0 Å². The van der Waals surface area contributed by atoms with Crippen LogP contribution in [0.25, 0.3) is 11.4 Å². The molecule has 3 aromatic rings. The maximum Gasteiger partial charge on any atom is 0.225 e. The molecule has 2 N–H and O–H groups in total. The lowest BCUT2D eigenvalue weighted by Crippen LogP contribution is -2.38. The number of amides is 1. The zero-order valence-corrected chi connectivity index (χ0v) is 17.3. The summed E-state index contributed by atoms with van der Waals surface area (Å²) in [6, 6.07) is 10.6. The minimum absolute atomic E-state index is 0.0917. The molecule has 1 aliphatic heterocycles. The molecule has 2 unspecified atom stereocenters. The minimum atomic E-state index is -3.40. The third-order valence-corrected chi connectivity index (χ3v) is 5.73. The summed E-state index contributed by atoms with van der Waals surface area (Å²) >= 11 is 0. The van der Waals surface area contributed by atoms with E-state index in [4.69, 9.17) is 0 Å². The van der Waals surface area contributed by atoms with Crippen molar-refractivity contribution in [2.75, 3.05) is 12.8 Å². The lowest BCUT2D eigenvalue weighted by Gasteiger charge is -2.22. The highest BCUT2D eigenvalue weighted by Gasteiger charge is 2.39. The number of sulfonamides is 1. The number of aromatic nitrogens is 5. The average Bonchev–Trinajstić information content (AvgIpc) is 3.46. The Balaban J connectivity index is 1.54. The monoisotopic (exact) mass is 429 g/mol. The Morgan fingerprint density at radius 1 is 1.27 bits per heavy atom. The van der Waals surface area contributed by atoms with Gasteiger partial charge in [0.25, 0.3) is 0 Å². The number of benzene rings is 1. The second-order valence-electron chi connectivity index (χ2n) is 7.31. The van der Waals surface area contributed by atoms with E-state index in [1.165, 1.54) is 0 Å². The fourth-order valence-corrected chi connectivity index (χ4v) is 4.46. The quantitative estimate of drug-likeness (QED) is 0.576. The van der Waals surface area contributed by atoms with E-state index < -0.39 is 10.0 Å². The van der Waals surface area contributed by atoms with Gasteiger partial charge in [-0.1, -0.05) is 30.3 Å². The number of likely N-dealkylation sites (tertiary alicyclic amines) is 1. The Labute approximate surface area is 174 Å². The summed E-state index contributed by atoms with van der Waals surface area (Å²) in [5, 5.41) is 11.3. The summed E-state index contributed by atoms with van der Waals surface area (Å²) in [7, 11) is -3.40. The largest absolute Gasteiger partial charge is 0.331 e. The normalized spacial score (nSPS) is 19.3. The van der Waals surface area contributed by atoms with Gasteiger partial charge in [0, 0.05) is 43.5 Å². The number of aryl methyl sites for hydroxylation is 1. The number of carbonyl (C=O) groups is 1. The molecule has 1 saturated heterocycles. The minimum Gasteiger partial charge on any atom is -0.331 e. The van der Waals surface area contributed by atoms with E-state index in [0.29, 0.717) is 24.6 Å². The van der Waals surface area contributed by atoms with E-state index in [-0.39, 0.29) is 31.0 Å². The van der Waals surface area contributed by atoms with Crippen LogP contribution in [-0.2, 0) is 21.4 Å². The van der Waals surface area contributed by atoms with E-state index in [1.54, 1.807) is 28.0 Å². The SMILES string of the molecule is CS(=O)(=O)NC1CC(c2nc(-c3ccccc3)n[nH]2)N(C(=O)CCn2cccn2)C1. The molecule has 2 atom stereocenters. The number of rotatable bonds is 7. The van der Waals surface area contributed by atoms with Gasteiger partial charge in [0.05, 0.1) is 12.3 Å². The highest BCUT2D eigenvalue weighted by atomic mass is 32.2. The van der Waals surface area contributed by atoms with Crippen LogP contribution in [0.15, 0.2) is 48.8 Å². The molecule has 11 heteroatoms. The second-order valence-corrected chi connectivity index (χ2v) is 9.09. The molecular weight excluding hydrogens is 406 g/mol. The van der Waals surface area contributed by atoms with Crippen molar-refractivity contribution >= 4 is 15.9 Å². The molecule has 4 rings (SSSR count). The molecule has 0 spiro atoms. The first kappa shape index (κ1) is 20.2. The Kier molecular flexibility index (Phi) is 5.64. The summed E-state index contributed by atoms with van der Waals surface area (Å²) in [6.45, 7) is 0.724. The molecular formula is C19H23N7O3S. The van der Waals surface area contributed by atoms with Crippen molar-refractivity contribution in [2.24, 2.45) is 0 Å². The van der Waals surface area contributed by atoms with Crippen LogP contribution in [0.4, 0.5) is 0 Å². The number of nitrogens with zero attached hydrogens (tertiary/aromatic N) is 5. The zero-order chi connectivity index (χ0) is 21.1. The Morgan fingerprint density at radius 3 is 2.77 bits per heavy atom. The average molecular weight is 430 g/mol. The fraction of sp³-hybridized carbons (Fsp3) is 0.368. The van der Waals surface area contributed by atoms with Crippen LogP contribution in [0.2, 0.25) is 0 Å². The van der Waals surface area contributed by atoms with Crippen LogP contribution in [-0.4, -0.2) is 63.0 Å². The lowest BCUT2D eigenvalue weighted by molar-refractivity contribution is -0.132. The molecule has 3 heterocycles. The van der Waals surface area contributed by atoms with E-state index in [2.05, 4.69) is 25.0 Å². The van der Waals surface area contributed by atoms with Crippen molar-refractivity contribution < 1.29 is 13.2 Å². The summed E-state index contributed by atoms with van der Waals surface area (Å²) < 4.78 is 27.7. The molecule has 1 aromatic carbocycles. The van der Waals surface area contributed by atoms with Gasteiger partial charge in [-0.25, -0.2) is 18.1 Å². The van der Waals surface area contributed by atoms with Gasteiger partial charge < -0.3 is 4.90 Å². The number of H-pyrrole nitrogens is 1. The molecule has 0 radical (unpaired) electrons. The predicted octanol–water partition coefficient (Wildman–Crippen LogP) is 0.950. The standard InChI is InChI=1S/C19H23N7O3S/c1-30(28,29)24-15-12-16(19-21-18(22-23-19)14-6-3-2-4-7-14)26(13-15)17(27)8-11-25-10-5-9-20-25/h2-7,9-10,15-16,24H,8,11-13H2,1H3,(H,21,22,23). The van der Waals surface area contributed by atoms with Gasteiger partial charge in [0.15, 0.2) is 5.82 Å². The molecule has 2 aromatic heterocycles. The molecule has 10 nitrogen and oxygen atoms in total. The van der Waals surface area contributed by atoms with Gasteiger partial charge >= 0.3 is 0 Å². The van der Waals surface area contributed by atoms with Crippen LogP contribution < -0.4 is 4.72 Å². The van der Waals surface area contributed by atoms with Gasteiger partial charge in [-0.05, 0) is 12.5 Å². The van der Waals surface area contributed by atoms with Crippen molar-refractivity contribution in [3.8, 4) is 11.4 Å². The van der Waals surface area contributed by atoms with Crippen molar-refractivity contribution in [3.05, 3.63) is 54.6 Å². The molecule has 0 saturated carbocycles. The molecule has 0 aliphatic carbocycles. The summed E-state index contributed by atoms with van der Waals surface area (Å²) in [6.07, 6.45) is 5.25. The second kappa shape index (κ2) is 8.36. The summed E-state index contributed by atoms with van der Waals surface area (Å²) in [4.78, 5) is 19.2. The predicted molar refractivity (Wildman–Crippen MR) is 110 cm³/mol. The van der Waals surface area contributed by atoms with Crippen LogP contribution >= 0.6 is 0 Å². The first-order valence-electron chi connectivity index (χ1n) is 9.61. The van der Waals surface area contributed by atoms with Gasteiger partial charge in [-0.2, -0.15) is 10.2 Å². The number of hydrogen-bond donors (Lipinski definition) is 2. The number of aromatic amines is 1. The maximum absolute atomic E-state index is 13.0. The van der Waals surface area contributed by atoms with Crippen molar-refractivity contribution in [3.63, 3.8) is 0 Å². The van der Waals surface area contributed by atoms with Crippen molar-refractivity contribution in [1.82, 2.24) is 34.6 Å². The smallest absolute Gasteiger partial charge is 0.225 e. The topological polar surface area (TPSA) is 126 Å². The third kappa shape index (κ3) is 4.74. The Morgan fingerprint density at radius 2 is 2.07 bits per heavy atom. The molecule has 158 valence electrons. The van der Waals surface area contributed by atoms with E-state index in [9.17, 15) is 13.2 Å². The van der Waals surface area contributed by atoms with Crippen LogP contribution in [0.5, 0.6) is 0 Å². The van der Waals surface area contributed by atoms with Gasteiger partial charge in [-0.3, -0.25) is 14.6 Å². The molecule has 0 bridgehead atoms. The zero-order valence-electron chi connectivity index (χ0n) is 16.5. The highest BCUT2D eigenvalue weighted by Crippen LogP contribution is 2.32.